The predicted octanol–water partition coefficient (Wildman–Crippen LogP) is 4.34. The third kappa shape index (κ3) is 3.94. The molecular formula is C24H25N3O2. The van der Waals surface area contributed by atoms with Gasteiger partial charge in [0.1, 0.15) is 11.6 Å². The Morgan fingerprint density at radius 2 is 1.93 bits per heavy atom. The molecule has 0 fully saturated rings. The summed E-state index contributed by atoms with van der Waals surface area (Å²) in [4.78, 5) is 19.4. The molecule has 1 atom stereocenters. The van der Waals surface area contributed by atoms with E-state index in [2.05, 4.69) is 29.4 Å². The predicted molar refractivity (Wildman–Crippen MR) is 116 cm³/mol. The van der Waals surface area contributed by atoms with Crippen LogP contribution in [0.3, 0.4) is 0 Å². The Morgan fingerprint density at radius 3 is 2.72 bits per heavy atom. The van der Waals surface area contributed by atoms with Crippen LogP contribution in [0.4, 0.5) is 11.5 Å². The van der Waals surface area contributed by atoms with Crippen molar-refractivity contribution in [2.45, 2.75) is 25.8 Å². The lowest BCUT2D eigenvalue weighted by molar-refractivity contribution is 0.0981. The lowest BCUT2D eigenvalue weighted by atomic mass is 10.1. The molecule has 29 heavy (non-hydrogen) atoms. The Bertz CT molecular complexity index is 1000. The number of para-hydroxylation sites is 2. The lowest BCUT2D eigenvalue weighted by Gasteiger charge is -2.22. The van der Waals surface area contributed by atoms with Gasteiger partial charge in [-0.15, -0.1) is 0 Å². The Balaban J connectivity index is 1.40. The van der Waals surface area contributed by atoms with Crippen molar-refractivity contribution in [1.82, 2.24) is 4.98 Å². The third-order valence-electron chi connectivity index (χ3n) is 5.33. The molecule has 0 saturated heterocycles. The summed E-state index contributed by atoms with van der Waals surface area (Å²) in [5.41, 5.74) is 3.97. The maximum absolute atomic E-state index is 13.1. The zero-order valence-corrected chi connectivity index (χ0v) is 16.8. The highest BCUT2D eigenvalue weighted by molar-refractivity contribution is 6.07. The van der Waals surface area contributed by atoms with Crippen LogP contribution in [0.2, 0.25) is 0 Å². The molecule has 2 heterocycles. The number of rotatable bonds is 6. The number of hydrogen-bond donors (Lipinski definition) is 1. The average molecular weight is 387 g/mol. The first-order valence-corrected chi connectivity index (χ1v) is 9.90. The van der Waals surface area contributed by atoms with Crippen LogP contribution in [0.5, 0.6) is 5.75 Å². The highest BCUT2D eigenvalue weighted by Crippen LogP contribution is 2.33. The smallest absolute Gasteiger partial charge is 0.260 e. The van der Waals surface area contributed by atoms with Crippen LogP contribution >= 0.6 is 0 Å². The van der Waals surface area contributed by atoms with E-state index in [9.17, 15) is 4.79 Å². The molecule has 1 amide bonds. The van der Waals surface area contributed by atoms with E-state index in [0.717, 1.165) is 42.2 Å². The molecule has 5 heteroatoms. The number of nitrogens with zero attached hydrogens (tertiary/aromatic N) is 2. The molecular weight excluding hydrogens is 362 g/mol. The minimum atomic E-state index is -0.00415. The summed E-state index contributed by atoms with van der Waals surface area (Å²) in [6, 6.07) is 20.0. The molecule has 1 N–H and O–H groups in total. The van der Waals surface area contributed by atoms with E-state index in [1.54, 1.807) is 13.3 Å². The molecule has 0 spiro atoms. The number of pyridine rings is 1. The molecule has 0 saturated carbocycles. The van der Waals surface area contributed by atoms with Crippen molar-refractivity contribution in [1.29, 1.82) is 0 Å². The molecule has 148 valence electrons. The molecule has 1 aliphatic rings. The summed E-state index contributed by atoms with van der Waals surface area (Å²) in [5.74, 6) is 1.64. The number of nitrogens with one attached hydrogen (secondary N) is 1. The molecule has 1 aromatic heterocycles. The van der Waals surface area contributed by atoms with Gasteiger partial charge in [0.15, 0.2) is 0 Å². The second-order valence-corrected chi connectivity index (χ2v) is 7.28. The molecule has 0 radical (unpaired) electrons. The summed E-state index contributed by atoms with van der Waals surface area (Å²) in [6.45, 7) is 2.82. The molecule has 1 aliphatic heterocycles. The van der Waals surface area contributed by atoms with Gasteiger partial charge in [-0.25, -0.2) is 4.98 Å². The van der Waals surface area contributed by atoms with Gasteiger partial charge in [0, 0.05) is 24.5 Å². The van der Waals surface area contributed by atoms with Crippen molar-refractivity contribution >= 4 is 17.4 Å². The SMILES string of the molecule is COc1ccccc1CCNc1ccc(C(=O)N2c3ccccc3CC2C)cn1. The van der Waals surface area contributed by atoms with Crippen molar-refractivity contribution in [3.05, 3.63) is 83.6 Å². The minimum absolute atomic E-state index is 0.00415. The number of methoxy groups -OCH3 is 1. The van der Waals surface area contributed by atoms with E-state index in [4.69, 9.17) is 4.74 Å². The normalized spacial score (nSPS) is 15.1. The molecule has 5 nitrogen and oxygen atoms in total. The molecule has 0 aliphatic carbocycles. The molecule has 1 unspecified atom stereocenters. The van der Waals surface area contributed by atoms with Crippen LogP contribution in [0.25, 0.3) is 0 Å². The summed E-state index contributed by atoms with van der Waals surface area (Å²) < 4.78 is 5.39. The van der Waals surface area contributed by atoms with Crippen LogP contribution in [0.15, 0.2) is 66.9 Å². The van der Waals surface area contributed by atoms with Crippen LogP contribution in [0, 0.1) is 0 Å². The molecule has 0 bridgehead atoms. The number of amides is 1. The fourth-order valence-corrected chi connectivity index (χ4v) is 3.87. The van der Waals surface area contributed by atoms with E-state index in [1.807, 2.05) is 53.4 Å². The Kier molecular flexibility index (Phi) is 5.47. The maximum atomic E-state index is 13.1. The van der Waals surface area contributed by atoms with Gasteiger partial charge in [-0.2, -0.15) is 0 Å². The number of fused-ring (bicyclic) bond motifs is 1. The van der Waals surface area contributed by atoms with Crippen molar-refractivity contribution in [3.63, 3.8) is 0 Å². The van der Waals surface area contributed by atoms with Crippen molar-refractivity contribution < 1.29 is 9.53 Å². The number of hydrogen-bond acceptors (Lipinski definition) is 4. The number of anilines is 2. The summed E-state index contributed by atoms with van der Waals surface area (Å²) >= 11 is 0. The average Bonchev–Trinajstić information content (AvgIpc) is 3.09. The van der Waals surface area contributed by atoms with E-state index < -0.39 is 0 Å². The molecule has 3 aromatic rings. The van der Waals surface area contributed by atoms with Crippen molar-refractivity contribution in [2.75, 3.05) is 23.9 Å². The van der Waals surface area contributed by atoms with Crippen LogP contribution in [0.1, 0.15) is 28.4 Å². The fraction of sp³-hybridized carbons (Fsp3) is 0.250. The van der Waals surface area contributed by atoms with E-state index in [0.29, 0.717) is 5.56 Å². The monoisotopic (exact) mass is 387 g/mol. The lowest BCUT2D eigenvalue weighted by Crippen LogP contribution is -2.35. The van der Waals surface area contributed by atoms with Crippen LogP contribution in [-0.4, -0.2) is 30.6 Å². The number of carbonyl (C=O) groups excluding carboxylic acids is 1. The topological polar surface area (TPSA) is 54.5 Å². The van der Waals surface area contributed by atoms with Crippen molar-refractivity contribution in [3.8, 4) is 5.75 Å². The highest BCUT2D eigenvalue weighted by atomic mass is 16.5. The van der Waals surface area contributed by atoms with Gasteiger partial charge in [-0.05, 0) is 55.2 Å². The van der Waals surface area contributed by atoms with Gasteiger partial charge >= 0.3 is 0 Å². The number of aromatic nitrogens is 1. The van der Waals surface area contributed by atoms with Gasteiger partial charge in [0.2, 0.25) is 0 Å². The summed E-state index contributed by atoms with van der Waals surface area (Å²) in [6.07, 6.45) is 3.37. The van der Waals surface area contributed by atoms with Gasteiger partial charge in [0.05, 0.1) is 12.7 Å². The van der Waals surface area contributed by atoms with Crippen molar-refractivity contribution in [2.24, 2.45) is 0 Å². The van der Waals surface area contributed by atoms with E-state index >= 15 is 0 Å². The first-order valence-electron chi connectivity index (χ1n) is 9.90. The zero-order valence-electron chi connectivity index (χ0n) is 16.8. The zero-order chi connectivity index (χ0) is 20.2. The van der Waals surface area contributed by atoms with Crippen LogP contribution < -0.4 is 15.0 Å². The van der Waals surface area contributed by atoms with Crippen LogP contribution in [-0.2, 0) is 12.8 Å². The van der Waals surface area contributed by atoms with E-state index in [1.165, 1.54) is 5.56 Å². The first kappa shape index (κ1) is 19.0. The Hall–Kier alpha value is -3.34. The number of ether oxygens (including phenoxy) is 1. The second kappa shape index (κ2) is 8.35. The summed E-state index contributed by atoms with van der Waals surface area (Å²) in [7, 11) is 1.68. The third-order valence-corrected chi connectivity index (χ3v) is 5.33. The first-order chi connectivity index (χ1) is 14.2. The van der Waals surface area contributed by atoms with Gasteiger partial charge in [0.25, 0.3) is 5.91 Å². The largest absolute Gasteiger partial charge is 0.496 e. The van der Waals surface area contributed by atoms with Gasteiger partial charge in [-0.3, -0.25) is 4.79 Å². The molecule has 4 rings (SSSR count). The minimum Gasteiger partial charge on any atom is -0.496 e. The van der Waals surface area contributed by atoms with Gasteiger partial charge in [-0.1, -0.05) is 36.4 Å². The molecule has 2 aromatic carbocycles. The highest BCUT2D eigenvalue weighted by Gasteiger charge is 2.31. The quantitative estimate of drug-likeness (QED) is 0.684. The second-order valence-electron chi connectivity index (χ2n) is 7.28. The Labute approximate surface area is 171 Å². The maximum Gasteiger partial charge on any atom is 0.260 e. The number of carbonyl (C=O) groups is 1. The Morgan fingerprint density at radius 1 is 1.14 bits per heavy atom. The summed E-state index contributed by atoms with van der Waals surface area (Å²) in [5, 5.41) is 3.31. The van der Waals surface area contributed by atoms with E-state index in [-0.39, 0.29) is 11.9 Å². The van der Waals surface area contributed by atoms with Gasteiger partial charge < -0.3 is 15.0 Å². The standard InChI is InChI=1S/C24H25N3O2/c1-17-15-19-8-3-5-9-21(19)27(17)24(28)20-11-12-23(26-16-20)25-14-13-18-7-4-6-10-22(18)29-2/h3-12,16-17H,13-15H2,1-2H3,(H,25,26). The number of benzene rings is 2. The fourth-order valence-electron chi connectivity index (χ4n) is 3.87.